The quantitative estimate of drug-likeness (QED) is 0.694. The molecule has 2 N–H and O–H groups in total. The summed E-state index contributed by atoms with van der Waals surface area (Å²) in [5, 5.41) is 11.2. The maximum atomic E-state index is 10.8. The molecule has 0 unspecified atom stereocenters. The van der Waals surface area contributed by atoms with Gasteiger partial charge in [0, 0.05) is 19.6 Å². The zero-order valence-electron chi connectivity index (χ0n) is 11.3. The first kappa shape index (κ1) is 15.1. The molecule has 1 rings (SSSR count). The van der Waals surface area contributed by atoms with Crippen molar-refractivity contribution < 1.29 is 8.42 Å². The predicted molar refractivity (Wildman–Crippen MR) is 69.6 cm³/mol. The van der Waals surface area contributed by atoms with Crippen LogP contribution in [0, 0.1) is 0 Å². The smallest absolute Gasteiger partial charge is 0.208 e. The van der Waals surface area contributed by atoms with Crippen LogP contribution in [-0.4, -0.2) is 42.8 Å². The highest BCUT2D eigenvalue weighted by Crippen LogP contribution is 2.11. The van der Waals surface area contributed by atoms with Gasteiger partial charge in [0.05, 0.1) is 23.7 Å². The van der Waals surface area contributed by atoms with Crippen LogP contribution in [0.3, 0.4) is 0 Å². The van der Waals surface area contributed by atoms with Crippen LogP contribution in [-0.2, 0) is 22.1 Å². The molecule has 7 nitrogen and oxygen atoms in total. The Morgan fingerprint density at radius 2 is 2.00 bits per heavy atom. The molecule has 0 fully saturated rings. The summed E-state index contributed by atoms with van der Waals surface area (Å²) in [4.78, 5) is 0. The maximum absolute atomic E-state index is 10.8. The molecule has 1 aromatic rings. The third-order valence-electron chi connectivity index (χ3n) is 2.20. The monoisotopic (exact) mass is 275 g/mol. The van der Waals surface area contributed by atoms with Gasteiger partial charge in [0.15, 0.2) is 0 Å². The van der Waals surface area contributed by atoms with E-state index in [9.17, 15) is 8.42 Å². The summed E-state index contributed by atoms with van der Waals surface area (Å²) in [7, 11) is -3.11. The van der Waals surface area contributed by atoms with Gasteiger partial charge in [-0.3, -0.25) is 0 Å². The van der Waals surface area contributed by atoms with E-state index in [1.807, 2.05) is 6.20 Å². The van der Waals surface area contributed by atoms with Crippen LogP contribution in [0.15, 0.2) is 6.20 Å². The zero-order chi connectivity index (χ0) is 13.8. The fraction of sp³-hybridized carbons (Fsp3) is 0.800. The zero-order valence-corrected chi connectivity index (χ0v) is 12.1. The van der Waals surface area contributed by atoms with Gasteiger partial charge in [0.2, 0.25) is 10.0 Å². The summed E-state index contributed by atoms with van der Waals surface area (Å²) < 4.78 is 25.8. The van der Waals surface area contributed by atoms with Crippen molar-refractivity contribution in [2.24, 2.45) is 0 Å². The van der Waals surface area contributed by atoms with E-state index in [2.05, 4.69) is 41.1 Å². The Hall–Kier alpha value is -0.990. The predicted octanol–water partition coefficient (Wildman–Crippen LogP) is -0.328. The fourth-order valence-electron chi connectivity index (χ4n) is 1.25. The van der Waals surface area contributed by atoms with Crippen molar-refractivity contribution in [3.63, 3.8) is 0 Å². The molecular weight excluding hydrogens is 254 g/mol. The second-order valence-corrected chi connectivity index (χ2v) is 7.00. The van der Waals surface area contributed by atoms with Crippen LogP contribution in [0.25, 0.3) is 0 Å². The molecule has 18 heavy (non-hydrogen) atoms. The van der Waals surface area contributed by atoms with Crippen LogP contribution < -0.4 is 10.0 Å². The number of hydrogen-bond acceptors (Lipinski definition) is 5. The molecule has 0 radical (unpaired) electrons. The van der Waals surface area contributed by atoms with Gasteiger partial charge in [-0.25, -0.2) is 17.8 Å². The first-order valence-corrected chi connectivity index (χ1v) is 7.65. The van der Waals surface area contributed by atoms with E-state index in [4.69, 9.17) is 0 Å². The average molecular weight is 275 g/mol. The Morgan fingerprint density at radius 1 is 1.33 bits per heavy atom. The number of aromatic nitrogens is 3. The van der Waals surface area contributed by atoms with Gasteiger partial charge >= 0.3 is 0 Å². The van der Waals surface area contributed by atoms with E-state index < -0.39 is 10.0 Å². The molecule has 0 saturated heterocycles. The first-order chi connectivity index (χ1) is 8.18. The lowest BCUT2D eigenvalue weighted by Gasteiger charge is -2.17. The molecule has 0 aliphatic carbocycles. The highest BCUT2D eigenvalue weighted by Gasteiger charge is 2.14. The topological polar surface area (TPSA) is 88.9 Å². The Morgan fingerprint density at radius 3 is 2.50 bits per heavy atom. The number of nitrogens with zero attached hydrogens (tertiary/aromatic N) is 3. The van der Waals surface area contributed by atoms with Gasteiger partial charge in [-0.1, -0.05) is 5.21 Å². The summed E-state index contributed by atoms with van der Waals surface area (Å²) in [6.45, 7) is 7.64. The second kappa shape index (κ2) is 5.77. The molecular formula is C10H21N5O2S. The molecule has 0 amide bonds. The summed E-state index contributed by atoms with van der Waals surface area (Å²) in [5.74, 6) is 0. The maximum Gasteiger partial charge on any atom is 0.208 e. The number of sulfonamides is 1. The molecule has 0 aliphatic rings. The van der Waals surface area contributed by atoms with Crippen LogP contribution in [0.4, 0.5) is 0 Å². The Bertz CT molecular complexity index is 475. The Labute approximate surface area is 108 Å². The van der Waals surface area contributed by atoms with Crippen molar-refractivity contribution in [1.29, 1.82) is 0 Å². The van der Waals surface area contributed by atoms with Gasteiger partial charge in [-0.2, -0.15) is 0 Å². The standard InChI is InChI=1S/C10H21N5O2S/c1-10(2,3)15-8-9(13-14-15)7-11-5-6-12-18(4,16)17/h8,11-12H,5-7H2,1-4H3. The number of rotatable bonds is 6. The van der Waals surface area contributed by atoms with Crippen LogP contribution in [0.1, 0.15) is 26.5 Å². The van der Waals surface area contributed by atoms with Gasteiger partial charge in [-0.15, -0.1) is 5.10 Å². The molecule has 0 aromatic carbocycles. The summed E-state index contributed by atoms with van der Waals surface area (Å²) in [6, 6.07) is 0. The van der Waals surface area contributed by atoms with E-state index in [1.54, 1.807) is 4.68 Å². The largest absolute Gasteiger partial charge is 0.310 e. The van der Waals surface area contributed by atoms with E-state index in [0.717, 1.165) is 11.9 Å². The highest BCUT2D eigenvalue weighted by atomic mass is 32.2. The van der Waals surface area contributed by atoms with Crippen LogP contribution in [0.5, 0.6) is 0 Å². The van der Waals surface area contributed by atoms with Crippen molar-refractivity contribution in [2.45, 2.75) is 32.9 Å². The van der Waals surface area contributed by atoms with Crippen LogP contribution >= 0.6 is 0 Å². The lowest BCUT2D eigenvalue weighted by molar-refractivity contribution is 0.347. The normalized spacial score (nSPS) is 12.9. The highest BCUT2D eigenvalue weighted by molar-refractivity contribution is 7.88. The Kier molecular flexibility index (Phi) is 4.83. The minimum Gasteiger partial charge on any atom is -0.310 e. The van der Waals surface area contributed by atoms with E-state index >= 15 is 0 Å². The fourth-order valence-corrected chi connectivity index (χ4v) is 1.72. The molecule has 0 saturated carbocycles. The van der Waals surface area contributed by atoms with E-state index in [-0.39, 0.29) is 5.54 Å². The molecule has 0 spiro atoms. The molecule has 104 valence electrons. The lowest BCUT2D eigenvalue weighted by Crippen LogP contribution is -2.30. The van der Waals surface area contributed by atoms with E-state index in [0.29, 0.717) is 19.6 Å². The van der Waals surface area contributed by atoms with Crippen molar-refractivity contribution in [1.82, 2.24) is 25.0 Å². The minimum atomic E-state index is -3.11. The third kappa shape index (κ3) is 5.56. The van der Waals surface area contributed by atoms with Crippen molar-refractivity contribution >= 4 is 10.0 Å². The molecule has 1 aromatic heterocycles. The minimum absolute atomic E-state index is 0.0803. The first-order valence-electron chi connectivity index (χ1n) is 5.75. The average Bonchev–Trinajstić information content (AvgIpc) is 2.63. The summed E-state index contributed by atoms with van der Waals surface area (Å²) in [6.07, 6.45) is 3.03. The summed E-state index contributed by atoms with van der Waals surface area (Å²) in [5.41, 5.74) is 0.757. The van der Waals surface area contributed by atoms with Gasteiger partial charge in [-0.05, 0) is 20.8 Å². The van der Waals surface area contributed by atoms with E-state index in [1.165, 1.54) is 0 Å². The van der Waals surface area contributed by atoms with Crippen molar-refractivity contribution in [3.05, 3.63) is 11.9 Å². The molecule has 0 atom stereocenters. The van der Waals surface area contributed by atoms with Gasteiger partial charge in [0.1, 0.15) is 0 Å². The van der Waals surface area contributed by atoms with Crippen LogP contribution in [0.2, 0.25) is 0 Å². The second-order valence-electron chi connectivity index (χ2n) is 5.17. The molecule has 8 heteroatoms. The van der Waals surface area contributed by atoms with Gasteiger partial charge < -0.3 is 5.32 Å². The Balaban J connectivity index is 2.30. The summed E-state index contributed by atoms with van der Waals surface area (Å²) >= 11 is 0. The van der Waals surface area contributed by atoms with Crippen molar-refractivity contribution in [2.75, 3.05) is 19.3 Å². The molecule has 0 bridgehead atoms. The SMILES string of the molecule is CC(C)(C)n1cc(CNCCNS(C)(=O)=O)nn1. The third-order valence-corrected chi connectivity index (χ3v) is 2.93. The van der Waals surface area contributed by atoms with Gasteiger partial charge in [0.25, 0.3) is 0 Å². The van der Waals surface area contributed by atoms with Crippen molar-refractivity contribution in [3.8, 4) is 0 Å². The lowest BCUT2D eigenvalue weighted by atomic mass is 10.1. The molecule has 0 aliphatic heterocycles. The molecule has 1 heterocycles. The number of hydrogen-bond donors (Lipinski definition) is 2. The number of nitrogens with one attached hydrogen (secondary N) is 2.